The number of pyridine rings is 1. The molecule has 8 nitrogen and oxygen atoms in total. The molecule has 2 heterocycles. The van der Waals surface area contributed by atoms with Gasteiger partial charge in [0.25, 0.3) is 0 Å². The molecule has 1 aromatic heterocycles. The van der Waals surface area contributed by atoms with Gasteiger partial charge in [-0.2, -0.15) is 0 Å². The number of para-hydroxylation sites is 1. The predicted molar refractivity (Wildman–Crippen MR) is 103 cm³/mol. The zero-order chi connectivity index (χ0) is 19.9. The zero-order valence-electron chi connectivity index (χ0n) is 15.9. The Morgan fingerprint density at radius 2 is 2.07 bits per heavy atom. The smallest absolute Gasteiger partial charge is 0.243 e. The molecule has 0 aliphatic carbocycles. The van der Waals surface area contributed by atoms with Crippen molar-refractivity contribution in [3.8, 4) is 17.4 Å². The van der Waals surface area contributed by atoms with E-state index in [1.165, 1.54) is 0 Å². The van der Waals surface area contributed by atoms with Crippen molar-refractivity contribution in [1.29, 1.82) is 0 Å². The maximum absolute atomic E-state index is 12.9. The highest BCUT2D eigenvalue weighted by Gasteiger charge is 2.27. The van der Waals surface area contributed by atoms with Crippen LogP contribution in [0.15, 0.2) is 36.5 Å². The molecule has 8 heteroatoms. The number of hydrogen-bond acceptors (Lipinski definition) is 6. The number of carbonyl (C=O) groups excluding carboxylic acids is 2. The maximum atomic E-state index is 12.9. The third-order valence-corrected chi connectivity index (χ3v) is 4.34. The summed E-state index contributed by atoms with van der Waals surface area (Å²) in [4.78, 5) is 30.7. The van der Waals surface area contributed by atoms with Gasteiger partial charge in [0.1, 0.15) is 5.69 Å². The fourth-order valence-electron chi connectivity index (χ4n) is 2.94. The highest BCUT2D eigenvalue weighted by atomic mass is 16.5. The minimum absolute atomic E-state index is 0.0758. The molecule has 0 radical (unpaired) electrons. The summed E-state index contributed by atoms with van der Waals surface area (Å²) < 4.78 is 16.3. The number of fused-ring (bicyclic) bond motifs is 2. The molecular formula is C20H23N3O5. The van der Waals surface area contributed by atoms with Crippen molar-refractivity contribution in [1.82, 2.24) is 10.3 Å². The van der Waals surface area contributed by atoms with Crippen LogP contribution in [0.1, 0.15) is 18.4 Å². The summed E-state index contributed by atoms with van der Waals surface area (Å²) in [6, 6.07) is 9.03. The number of benzene rings is 1. The molecule has 0 atom stereocenters. The third-order valence-electron chi connectivity index (χ3n) is 4.34. The van der Waals surface area contributed by atoms with Crippen LogP contribution in [0.25, 0.3) is 0 Å². The van der Waals surface area contributed by atoms with Crippen LogP contribution in [0.4, 0.5) is 5.69 Å². The lowest BCUT2D eigenvalue weighted by Crippen LogP contribution is -2.32. The fourth-order valence-corrected chi connectivity index (χ4v) is 2.94. The number of rotatable bonds is 7. The molecule has 1 aliphatic rings. The van der Waals surface area contributed by atoms with E-state index >= 15 is 0 Å². The van der Waals surface area contributed by atoms with Gasteiger partial charge in [-0.25, -0.2) is 4.98 Å². The third kappa shape index (κ3) is 4.40. The summed E-state index contributed by atoms with van der Waals surface area (Å²) in [5, 5.41) is 2.72. The van der Waals surface area contributed by atoms with Crippen molar-refractivity contribution in [2.45, 2.75) is 19.4 Å². The van der Waals surface area contributed by atoms with Gasteiger partial charge in [-0.15, -0.1) is 0 Å². The van der Waals surface area contributed by atoms with E-state index in [1.54, 1.807) is 43.5 Å². The van der Waals surface area contributed by atoms with E-state index in [0.29, 0.717) is 42.8 Å². The number of aromatic nitrogens is 1. The Balaban J connectivity index is 1.80. The van der Waals surface area contributed by atoms with Crippen LogP contribution in [0.2, 0.25) is 0 Å². The first kappa shape index (κ1) is 19.6. The summed E-state index contributed by atoms with van der Waals surface area (Å²) in [5.41, 5.74) is 1.36. The molecule has 0 spiro atoms. The summed E-state index contributed by atoms with van der Waals surface area (Å²) in [6.07, 6.45) is 1.78. The molecular weight excluding hydrogens is 362 g/mol. The number of hydrogen-bond donors (Lipinski definition) is 1. The second kappa shape index (κ2) is 9.18. The van der Waals surface area contributed by atoms with Crippen molar-refractivity contribution in [3.05, 3.63) is 42.1 Å². The fraction of sp³-hybridized carbons (Fsp3) is 0.350. The molecule has 3 rings (SSSR count). The lowest BCUT2D eigenvalue weighted by molar-refractivity contribution is -0.125. The second-order valence-electron chi connectivity index (χ2n) is 6.20. The number of anilines is 1. The van der Waals surface area contributed by atoms with E-state index in [4.69, 9.17) is 14.2 Å². The predicted octanol–water partition coefficient (Wildman–Crippen LogP) is 2.27. The zero-order valence-corrected chi connectivity index (χ0v) is 15.9. The average molecular weight is 385 g/mol. The molecule has 2 amide bonds. The lowest BCUT2D eigenvalue weighted by Gasteiger charge is -2.21. The van der Waals surface area contributed by atoms with Crippen molar-refractivity contribution in [3.63, 3.8) is 0 Å². The van der Waals surface area contributed by atoms with Crippen molar-refractivity contribution >= 4 is 17.5 Å². The summed E-state index contributed by atoms with van der Waals surface area (Å²) in [7, 11) is 3.13. The molecule has 1 aliphatic heterocycles. The average Bonchev–Trinajstić information content (AvgIpc) is 2.89. The van der Waals surface area contributed by atoms with E-state index in [2.05, 4.69) is 10.3 Å². The highest BCUT2D eigenvalue weighted by Crippen LogP contribution is 2.42. The van der Waals surface area contributed by atoms with Gasteiger partial charge in [-0.3, -0.25) is 9.59 Å². The van der Waals surface area contributed by atoms with Crippen LogP contribution in [0.3, 0.4) is 0 Å². The first-order valence-corrected chi connectivity index (χ1v) is 8.98. The Bertz CT molecular complexity index is 855. The van der Waals surface area contributed by atoms with Gasteiger partial charge in [0, 0.05) is 38.3 Å². The number of ether oxygens (including phenoxy) is 3. The number of nitrogens with zero attached hydrogens (tertiary/aromatic N) is 2. The first-order valence-electron chi connectivity index (χ1n) is 8.98. The molecule has 1 aromatic carbocycles. The first-order chi connectivity index (χ1) is 13.6. The van der Waals surface area contributed by atoms with Gasteiger partial charge in [0.05, 0.1) is 20.3 Å². The van der Waals surface area contributed by atoms with Crippen LogP contribution in [0.5, 0.6) is 17.4 Å². The molecule has 0 saturated heterocycles. The van der Waals surface area contributed by atoms with Gasteiger partial charge in [0.15, 0.2) is 11.5 Å². The molecule has 148 valence electrons. The van der Waals surface area contributed by atoms with E-state index < -0.39 is 0 Å². The minimum Gasteiger partial charge on any atom is -0.493 e. The minimum atomic E-state index is -0.190. The van der Waals surface area contributed by atoms with Crippen LogP contribution in [-0.2, 0) is 20.9 Å². The number of carbonyl (C=O) groups is 2. The number of amides is 2. The summed E-state index contributed by atoms with van der Waals surface area (Å²) >= 11 is 0. The van der Waals surface area contributed by atoms with Crippen LogP contribution >= 0.6 is 0 Å². The van der Waals surface area contributed by atoms with Gasteiger partial charge < -0.3 is 24.4 Å². The van der Waals surface area contributed by atoms with Crippen molar-refractivity contribution in [2.24, 2.45) is 0 Å². The van der Waals surface area contributed by atoms with Gasteiger partial charge in [0.2, 0.25) is 17.7 Å². The van der Waals surface area contributed by atoms with Gasteiger partial charge in [-0.05, 0) is 18.2 Å². The topological polar surface area (TPSA) is 90.0 Å². The number of nitrogens with one attached hydrogen (secondary N) is 1. The molecule has 0 unspecified atom stereocenters. The monoisotopic (exact) mass is 385 g/mol. The lowest BCUT2D eigenvalue weighted by atomic mass is 10.1. The van der Waals surface area contributed by atoms with E-state index in [9.17, 15) is 9.59 Å². The standard InChI is InChI=1S/C20H23N3O5/c1-26-12-11-21-17(24)8-9-18(25)23-13-14-5-3-7-16(27-2)19(14)28-20-15(23)6-4-10-22-20/h3-7,10H,8-9,11-13H2,1-2H3,(H,21,24). The van der Waals surface area contributed by atoms with Crippen molar-refractivity contribution in [2.75, 3.05) is 32.3 Å². The second-order valence-corrected chi connectivity index (χ2v) is 6.20. The Labute approximate surface area is 163 Å². The molecule has 2 aromatic rings. The highest BCUT2D eigenvalue weighted by molar-refractivity contribution is 5.96. The van der Waals surface area contributed by atoms with Crippen LogP contribution in [-0.4, -0.2) is 44.2 Å². The molecule has 28 heavy (non-hydrogen) atoms. The SMILES string of the molecule is COCCNC(=O)CCC(=O)N1Cc2cccc(OC)c2Oc2ncccc21. The van der Waals surface area contributed by atoms with Gasteiger partial charge >= 0.3 is 0 Å². The van der Waals surface area contributed by atoms with E-state index in [-0.39, 0.29) is 24.7 Å². The van der Waals surface area contributed by atoms with Crippen molar-refractivity contribution < 1.29 is 23.8 Å². The largest absolute Gasteiger partial charge is 0.493 e. The number of methoxy groups -OCH3 is 2. The molecule has 0 saturated carbocycles. The van der Waals surface area contributed by atoms with E-state index in [1.807, 2.05) is 12.1 Å². The quantitative estimate of drug-likeness (QED) is 0.736. The Hall–Kier alpha value is -3.13. The Morgan fingerprint density at radius 1 is 1.21 bits per heavy atom. The maximum Gasteiger partial charge on any atom is 0.243 e. The summed E-state index contributed by atoms with van der Waals surface area (Å²) in [6.45, 7) is 1.15. The Morgan fingerprint density at radius 3 is 2.86 bits per heavy atom. The Kier molecular flexibility index (Phi) is 6.44. The summed E-state index contributed by atoms with van der Waals surface area (Å²) in [5.74, 6) is 1.06. The molecule has 1 N–H and O–H groups in total. The van der Waals surface area contributed by atoms with E-state index in [0.717, 1.165) is 5.56 Å². The molecule has 0 fully saturated rings. The van der Waals surface area contributed by atoms with Gasteiger partial charge in [-0.1, -0.05) is 12.1 Å². The molecule has 0 bridgehead atoms. The normalized spacial score (nSPS) is 12.3. The van der Waals surface area contributed by atoms with Crippen LogP contribution < -0.4 is 19.7 Å². The van der Waals surface area contributed by atoms with Crippen LogP contribution in [0, 0.1) is 0 Å².